The van der Waals surface area contributed by atoms with Crippen LogP contribution in [0.15, 0.2) is 59.5 Å². The zero-order valence-corrected chi connectivity index (χ0v) is 18.8. The molecule has 0 aromatic heterocycles. The van der Waals surface area contributed by atoms with Gasteiger partial charge in [0.2, 0.25) is 15.9 Å². The van der Waals surface area contributed by atoms with Crippen LogP contribution >= 0.6 is 0 Å². The predicted octanol–water partition coefficient (Wildman–Crippen LogP) is 2.91. The van der Waals surface area contributed by atoms with Crippen LogP contribution in [0.3, 0.4) is 0 Å². The van der Waals surface area contributed by atoms with Crippen molar-refractivity contribution in [2.45, 2.75) is 31.2 Å². The van der Waals surface area contributed by atoms with Crippen LogP contribution in [0.5, 0.6) is 0 Å². The van der Waals surface area contributed by atoms with Crippen molar-refractivity contribution in [2.75, 3.05) is 39.8 Å². The van der Waals surface area contributed by atoms with E-state index in [0.717, 1.165) is 11.1 Å². The van der Waals surface area contributed by atoms with Crippen LogP contribution in [0.4, 0.5) is 0 Å². The third-order valence-corrected chi connectivity index (χ3v) is 7.73. The zero-order chi connectivity index (χ0) is 21.7. The number of carbonyl (C=O) groups is 1. The van der Waals surface area contributed by atoms with E-state index in [2.05, 4.69) is 4.90 Å². The van der Waals surface area contributed by atoms with Gasteiger partial charge in [-0.3, -0.25) is 9.69 Å². The summed E-state index contributed by atoms with van der Waals surface area (Å²) in [6.07, 6.45) is 0.705. The third-order valence-electron chi connectivity index (χ3n) is 5.82. The first kappa shape index (κ1) is 22.5. The van der Waals surface area contributed by atoms with Crippen molar-refractivity contribution in [3.8, 4) is 0 Å². The maximum Gasteiger partial charge on any atom is 0.243 e. The number of hydrogen-bond acceptors (Lipinski definition) is 4. The molecule has 1 saturated heterocycles. The Morgan fingerprint density at radius 1 is 1.00 bits per heavy atom. The highest BCUT2D eigenvalue weighted by atomic mass is 32.2. The van der Waals surface area contributed by atoms with Crippen LogP contribution < -0.4 is 0 Å². The molecular formula is C23H31N3O3S. The summed E-state index contributed by atoms with van der Waals surface area (Å²) in [6, 6.07) is 16.9. The van der Waals surface area contributed by atoms with Gasteiger partial charge in [-0.05, 0) is 44.5 Å². The van der Waals surface area contributed by atoms with E-state index in [1.54, 1.807) is 21.3 Å². The number of benzene rings is 2. The van der Waals surface area contributed by atoms with E-state index in [-0.39, 0.29) is 11.9 Å². The van der Waals surface area contributed by atoms with E-state index in [1.807, 2.05) is 63.4 Å². The van der Waals surface area contributed by atoms with Gasteiger partial charge in [-0.25, -0.2) is 8.42 Å². The maximum absolute atomic E-state index is 13.0. The molecule has 0 bridgehead atoms. The zero-order valence-electron chi connectivity index (χ0n) is 18.0. The van der Waals surface area contributed by atoms with E-state index in [1.165, 1.54) is 0 Å². The lowest BCUT2D eigenvalue weighted by atomic mass is 10.1. The van der Waals surface area contributed by atoms with Crippen molar-refractivity contribution in [2.24, 2.45) is 0 Å². The fourth-order valence-electron chi connectivity index (χ4n) is 3.68. The van der Waals surface area contributed by atoms with Crippen LogP contribution in [-0.4, -0.2) is 68.2 Å². The lowest BCUT2D eigenvalue weighted by Crippen LogP contribution is -2.41. The summed E-state index contributed by atoms with van der Waals surface area (Å²) in [5, 5.41) is 0. The van der Waals surface area contributed by atoms with E-state index >= 15 is 0 Å². The summed E-state index contributed by atoms with van der Waals surface area (Å²) in [4.78, 5) is 17.0. The number of amides is 1. The van der Waals surface area contributed by atoms with Gasteiger partial charge in [-0.2, -0.15) is 4.31 Å². The van der Waals surface area contributed by atoms with Crippen molar-refractivity contribution in [3.05, 3.63) is 65.7 Å². The summed E-state index contributed by atoms with van der Waals surface area (Å²) in [5.41, 5.74) is 2.13. The molecule has 2 aromatic carbocycles. The second-order valence-electron chi connectivity index (χ2n) is 7.94. The smallest absolute Gasteiger partial charge is 0.243 e. The molecule has 1 atom stereocenters. The molecule has 1 aliphatic heterocycles. The van der Waals surface area contributed by atoms with Gasteiger partial charge in [-0.15, -0.1) is 0 Å². The third kappa shape index (κ3) is 5.28. The fraction of sp³-hybridized carbons (Fsp3) is 0.435. The molecule has 7 heteroatoms. The first-order chi connectivity index (χ1) is 14.3. The summed E-state index contributed by atoms with van der Waals surface area (Å²) < 4.78 is 27.5. The number of likely N-dealkylation sites (N-methyl/N-ethyl adjacent to an activating group) is 1. The first-order valence-corrected chi connectivity index (χ1v) is 11.8. The highest BCUT2D eigenvalue weighted by molar-refractivity contribution is 7.89. The van der Waals surface area contributed by atoms with Gasteiger partial charge in [0.15, 0.2) is 0 Å². The number of aryl methyl sites for hydroxylation is 1. The Morgan fingerprint density at radius 2 is 1.67 bits per heavy atom. The molecule has 3 rings (SSSR count). The number of nitrogens with zero attached hydrogens (tertiary/aromatic N) is 3. The maximum atomic E-state index is 13.0. The quantitative estimate of drug-likeness (QED) is 0.708. The van der Waals surface area contributed by atoms with Crippen LogP contribution in [0.1, 0.15) is 30.5 Å². The van der Waals surface area contributed by atoms with Crippen molar-refractivity contribution < 1.29 is 13.2 Å². The molecule has 2 aromatic rings. The number of hydrogen-bond donors (Lipinski definition) is 0. The van der Waals surface area contributed by atoms with Crippen molar-refractivity contribution in [1.82, 2.24) is 14.1 Å². The first-order valence-electron chi connectivity index (χ1n) is 10.4. The van der Waals surface area contributed by atoms with Crippen molar-refractivity contribution in [1.29, 1.82) is 0 Å². The average molecular weight is 430 g/mol. The molecule has 0 spiro atoms. The normalized spacial score (nSPS) is 17.3. The Labute approximate surface area is 180 Å². The molecular weight excluding hydrogens is 398 g/mol. The van der Waals surface area contributed by atoms with Gasteiger partial charge >= 0.3 is 0 Å². The Morgan fingerprint density at radius 3 is 2.33 bits per heavy atom. The van der Waals surface area contributed by atoms with Gasteiger partial charge in [0.1, 0.15) is 0 Å². The molecule has 30 heavy (non-hydrogen) atoms. The summed E-state index contributed by atoms with van der Waals surface area (Å²) in [5.74, 6) is 0.0428. The Balaban J connectivity index is 1.59. The van der Waals surface area contributed by atoms with Crippen molar-refractivity contribution in [3.63, 3.8) is 0 Å². The highest BCUT2D eigenvalue weighted by Crippen LogP contribution is 2.20. The Hall–Kier alpha value is -2.22. The largest absolute Gasteiger partial charge is 0.338 e. The summed E-state index contributed by atoms with van der Waals surface area (Å²) in [6.45, 7) is 6.37. The van der Waals surface area contributed by atoms with Gasteiger partial charge in [0, 0.05) is 26.7 Å². The predicted molar refractivity (Wildman–Crippen MR) is 119 cm³/mol. The molecule has 1 fully saturated rings. The molecule has 0 aliphatic carbocycles. The molecule has 1 heterocycles. The molecule has 0 radical (unpaired) electrons. The minimum absolute atomic E-state index is 0.0101. The summed E-state index contributed by atoms with van der Waals surface area (Å²) in [7, 11) is -1.68. The highest BCUT2D eigenvalue weighted by Gasteiger charge is 2.28. The van der Waals surface area contributed by atoms with E-state index < -0.39 is 10.0 Å². The van der Waals surface area contributed by atoms with Crippen molar-refractivity contribution >= 4 is 15.9 Å². The second-order valence-corrected chi connectivity index (χ2v) is 9.88. The summed E-state index contributed by atoms with van der Waals surface area (Å²) >= 11 is 0. The molecule has 0 saturated carbocycles. The van der Waals surface area contributed by atoms with Crippen LogP contribution in [0.25, 0.3) is 0 Å². The molecule has 6 nitrogen and oxygen atoms in total. The number of carbonyl (C=O) groups excluding carboxylic acids is 1. The molecule has 1 amide bonds. The van der Waals surface area contributed by atoms with Gasteiger partial charge < -0.3 is 4.90 Å². The van der Waals surface area contributed by atoms with E-state index in [9.17, 15) is 13.2 Å². The molecule has 0 unspecified atom stereocenters. The Bertz CT molecular complexity index is 945. The average Bonchev–Trinajstić information content (AvgIpc) is 2.99. The Kier molecular flexibility index (Phi) is 7.28. The molecule has 1 aliphatic rings. The number of rotatable bonds is 6. The van der Waals surface area contributed by atoms with Gasteiger partial charge in [0.05, 0.1) is 17.5 Å². The molecule has 0 N–H and O–H groups in total. The van der Waals surface area contributed by atoms with Crippen LogP contribution in [0.2, 0.25) is 0 Å². The monoisotopic (exact) mass is 429 g/mol. The minimum atomic E-state index is -3.51. The van der Waals surface area contributed by atoms with E-state index in [0.29, 0.717) is 44.0 Å². The van der Waals surface area contributed by atoms with E-state index in [4.69, 9.17) is 0 Å². The minimum Gasteiger partial charge on any atom is -0.338 e. The van der Waals surface area contributed by atoms with Crippen LogP contribution in [0, 0.1) is 6.92 Å². The van der Waals surface area contributed by atoms with Gasteiger partial charge in [-0.1, -0.05) is 48.0 Å². The topological polar surface area (TPSA) is 60.9 Å². The van der Waals surface area contributed by atoms with Crippen LogP contribution in [-0.2, 0) is 14.8 Å². The lowest BCUT2D eigenvalue weighted by Gasteiger charge is -2.28. The second kappa shape index (κ2) is 9.73. The standard InChI is InChI=1S/C23H31N3O3S/c1-19-10-12-22(13-11-19)30(28,29)26-15-7-14-25(16-17-26)18-23(27)24(3)20(2)21-8-5-4-6-9-21/h4-6,8-13,20H,7,14-18H2,1-3H3/t20-/m0/s1. The van der Waals surface area contributed by atoms with Gasteiger partial charge in [0.25, 0.3) is 0 Å². The lowest BCUT2D eigenvalue weighted by molar-refractivity contribution is -0.133. The SMILES string of the molecule is Cc1ccc(S(=O)(=O)N2CCCN(CC(=O)N(C)[C@@H](C)c3ccccc3)CC2)cc1. The molecule has 162 valence electrons. The fourth-order valence-corrected chi connectivity index (χ4v) is 5.15. The number of sulfonamides is 1.